The Morgan fingerprint density at radius 3 is 3.00 bits per heavy atom. The summed E-state index contributed by atoms with van der Waals surface area (Å²) < 4.78 is 0. The molecule has 1 fully saturated rings. The molecule has 2 heterocycles. The number of carbonyl (C=O) groups excluding carboxylic acids is 1. The molecule has 19 heavy (non-hydrogen) atoms. The van der Waals surface area contributed by atoms with Gasteiger partial charge in [-0.25, -0.2) is 0 Å². The van der Waals surface area contributed by atoms with Gasteiger partial charge in [0.2, 0.25) is 0 Å². The zero-order valence-corrected chi connectivity index (χ0v) is 11.4. The van der Waals surface area contributed by atoms with Gasteiger partial charge in [-0.3, -0.25) is 4.79 Å². The Kier molecular flexibility index (Phi) is 3.29. The summed E-state index contributed by atoms with van der Waals surface area (Å²) in [7, 11) is 0. The highest BCUT2D eigenvalue weighted by molar-refractivity contribution is 5.98. The highest BCUT2D eigenvalue weighted by atomic mass is 16.2. The molecule has 4 nitrogen and oxygen atoms in total. The van der Waals surface area contributed by atoms with E-state index in [0.717, 1.165) is 54.7 Å². The summed E-state index contributed by atoms with van der Waals surface area (Å²) in [6.45, 7) is 5.30. The molecule has 0 spiro atoms. The van der Waals surface area contributed by atoms with Crippen LogP contribution in [0.15, 0.2) is 12.1 Å². The number of fused-ring (bicyclic) bond motifs is 1. The summed E-state index contributed by atoms with van der Waals surface area (Å²) in [6.07, 6.45) is 2.26. The van der Waals surface area contributed by atoms with Crippen LogP contribution in [-0.4, -0.2) is 29.9 Å². The van der Waals surface area contributed by atoms with Gasteiger partial charge in [0.05, 0.1) is 0 Å². The van der Waals surface area contributed by atoms with Crippen molar-refractivity contribution in [1.29, 1.82) is 0 Å². The van der Waals surface area contributed by atoms with Crippen molar-refractivity contribution in [2.75, 3.05) is 13.1 Å². The number of nitrogens with one attached hydrogen (secondary N) is 1. The molecular formula is C15H21N3O. The van der Waals surface area contributed by atoms with Crippen LogP contribution in [0.3, 0.4) is 0 Å². The van der Waals surface area contributed by atoms with Crippen LogP contribution in [-0.2, 0) is 13.1 Å². The molecule has 1 saturated heterocycles. The lowest BCUT2D eigenvalue weighted by Crippen LogP contribution is -2.46. The Morgan fingerprint density at radius 1 is 1.47 bits per heavy atom. The lowest BCUT2D eigenvalue weighted by atomic mass is 10.0. The molecule has 0 aromatic heterocycles. The molecule has 102 valence electrons. The van der Waals surface area contributed by atoms with E-state index in [4.69, 9.17) is 5.73 Å². The number of nitrogens with zero attached hydrogens (tertiary/aromatic N) is 1. The second-order valence-corrected chi connectivity index (χ2v) is 5.57. The quantitative estimate of drug-likeness (QED) is 0.838. The maximum atomic E-state index is 12.5. The van der Waals surface area contributed by atoms with E-state index in [-0.39, 0.29) is 5.91 Å². The minimum absolute atomic E-state index is 0.190. The maximum absolute atomic E-state index is 12.5. The predicted octanol–water partition coefficient (Wildman–Crippen LogP) is 1.16. The molecule has 3 N–H and O–H groups in total. The van der Waals surface area contributed by atoms with Gasteiger partial charge in [0, 0.05) is 31.2 Å². The number of hydrogen-bond acceptors (Lipinski definition) is 3. The van der Waals surface area contributed by atoms with Crippen molar-refractivity contribution in [2.24, 2.45) is 5.73 Å². The van der Waals surface area contributed by atoms with Gasteiger partial charge in [-0.15, -0.1) is 0 Å². The zero-order chi connectivity index (χ0) is 13.4. The Balaban J connectivity index is 1.88. The first-order valence-corrected chi connectivity index (χ1v) is 7.05. The molecular weight excluding hydrogens is 238 g/mol. The Bertz CT molecular complexity index is 506. The molecule has 0 radical (unpaired) electrons. The fourth-order valence-electron chi connectivity index (χ4n) is 3.16. The summed E-state index contributed by atoms with van der Waals surface area (Å²) in [5.74, 6) is 0.190. The van der Waals surface area contributed by atoms with Crippen molar-refractivity contribution in [3.8, 4) is 0 Å². The molecule has 0 aliphatic carbocycles. The van der Waals surface area contributed by atoms with Crippen LogP contribution in [0.5, 0.6) is 0 Å². The third-order valence-electron chi connectivity index (χ3n) is 4.33. The molecule has 2 aliphatic heterocycles. The van der Waals surface area contributed by atoms with E-state index >= 15 is 0 Å². The smallest absolute Gasteiger partial charge is 0.254 e. The molecule has 1 unspecified atom stereocenters. The summed E-state index contributed by atoms with van der Waals surface area (Å²) in [4.78, 5) is 14.5. The first kappa shape index (κ1) is 12.6. The van der Waals surface area contributed by atoms with E-state index in [0.29, 0.717) is 12.6 Å². The predicted molar refractivity (Wildman–Crippen MR) is 74.8 cm³/mol. The number of rotatable bonds is 2. The summed E-state index contributed by atoms with van der Waals surface area (Å²) >= 11 is 0. The van der Waals surface area contributed by atoms with E-state index in [1.54, 1.807) is 0 Å². The zero-order valence-electron chi connectivity index (χ0n) is 11.4. The van der Waals surface area contributed by atoms with Gasteiger partial charge in [-0.2, -0.15) is 0 Å². The molecule has 1 aromatic carbocycles. The Labute approximate surface area is 114 Å². The topological polar surface area (TPSA) is 58.4 Å². The molecule has 1 amide bonds. The monoisotopic (exact) mass is 259 g/mol. The molecule has 1 atom stereocenters. The highest BCUT2D eigenvalue weighted by Crippen LogP contribution is 2.29. The number of piperidine rings is 1. The van der Waals surface area contributed by atoms with Crippen molar-refractivity contribution in [3.05, 3.63) is 34.4 Å². The van der Waals surface area contributed by atoms with Crippen LogP contribution in [0.4, 0.5) is 0 Å². The van der Waals surface area contributed by atoms with Crippen molar-refractivity contribution >= 4 is 5.91 Å². The third kappa shape index (κ3) is 2.15. The van der Waals surface area contributed by atoms with Gasteiger partial charge in [-0.1, -0.05) is 6.07 Å². The number of benzene rings is 1. The molecule has 4 heteroatoms. The number of aryl methyl sites for hydroxylation is 1. The van der Waals surface area contributed by atoms with E-state index in [1.165, 1.54) is 0 Å². The Hall–Kier alpha value is -1.39. The number of hydrogen-bond donors (Lipinski definition) is 2. The van der Waals surface area contributed by atoms with Crippen LogP contribution < -0.4 is 11.1 Å². The van der Waals surface area contributed by atoms with E-state index in [9.17, 15) is 4.79 Å². The fraction of sp³-hybridized carbons (Fsp3) is 0.533. The average molecular weight is 259 g/mol. The van der Waals surface area contributed by atoms with Gasteiger partial charge in [0.1, 0.15) is 0 Å². The summed E-state index contributed by atoms with van der Waals surface area (Å²) in [5, 5.41) is 3.38. The van der Waals surface area contributed by atoms with E-state index in [2.05, 4.69) is 11.4 Å². The number of nitrogens with two attached hydrogens (primary N) is 1. The third-order valence-corrected chi connectivity index (χ3v) is 4.33. The van der Waals surface area contributed by atoms with Gasteiger partial charge < -0.3 is 16.0 Å². The lowest BCUT2D eigenvalue weighted by Gasteiger charge is -2.31. The standard InChI is InChI=1S/C15H21N3O/c1-10-5-14-12(6-11(10)7-16)9-18(15(14)19)13-3-2-4-17-8-13/h5-6,13,17H,2-4,7-9,16H2,1H3. The normalized spacial score (nSPS) is 22.7. The number of amides is 1. The maximum Gasteiger partial charge on any atom is 0.254 e. The molecule has 0 saturated carbocycles. The van der Waals surface area contributed by atoms with Gasteiger partial charge >= 0.3 is 0 Å². The van der Waals surface area contributed by atoms with Crippen molar-refractivity contribution in [3.63, 3.8) is 0 Å². The molecule has 1 aromatic rings. The summed E-state index contributed by atoms with van der Waals surface area (Å²) in [5.41, 5.74) is 10.0. The number of carbonyl (C=O) groups is 1. The largest absolute Gasteiger partial charge is 0.330 e. The second kappa shape index (κ2) is 4.94. The van der Waals surface area contributed by atoms with Crippen molar-refractivity contribution in [1.82, 2.24) is 10.2 Å². The summed E-state index contributed by atoms with van der Waals surface area (Å²) in [6, 6.07) is 4.46. The molecule has 2 aliphatic rings. The first-order chi connectivity index (χ1) is 9.20. The molecule has 3 rings (SSSR count). The van der Waals surface area contributed by atoms with Gasteiger partial charge in [0.25, 0.3) is 5.91 Å². The van der Waals surface area contributed by atoms with E-state index < -0.39 is 0 Å². The SMILES string of the molecule is Cc1cc2c(cc1CN)CN(C1CCCNC1)C2=O. The van der Waals surface area contributed by atoms with Gasteiger partial charge in [0.15, 0.2) is 0 Å². The van der Waals surface area contributed by atoms with Crippen molar-refractivity contribution in [2.45, 2.75) is 38.9 Å². The average Bonchev–Trinajstić information content (AvgIpc) is 2.76. The van der Waals surface area contributed by atoms with Crippen LogP contribution in [0.2, 0.25) is 0 Å². The minimum atomic E-state index is 0.190. The van der Waals surface area contributed by atoms with E-state index in [1.807, 2.05) is 17.9 Å². The fourth-order valence-corrected chi connectivity index (χ4v) is 3.16. The van der Waals surface area contributed by atoms with Gasteiger partial charge in [-0.05, 0) is 49.1 Å². The van der Waals surface area contributed by atoms with Crippen LogP contribution in [0, 0.1) is 6.92 Å². The van der Waals surface area contributed by atoms with Crippen LogP contribution in [0.25, 0.3) is 0 Å². The lowest BCUT2D eigenvalue weighted by molar-refractivity contribution is 0.0674. The van der Waals surface area contributed by atoms with Crippen LogP contribution >= 0.6 is 0 Å². The minimum Gasteiger partial charge on any atom is -0.330 e. The molecule has 0 bridgehead atoms. The second-order valence-electron chi connectivity index (χ2n) is 5.57. The highest BCUT2D eigenvalue weighted by Gasteiger charge is 2.33. The first-order valence-electron chi connectivity index (χ1n) is 7.05. The van der Waals surface area contributed by atoms with Crippen molar-refractivity contribution < 1.29 is 4.79 Å². The Morgan fingerprint density at radius 2 is 2.32 bits per heavy atom. The van der Waals surface area contributed by atoms with Crippen LogP contribution in [0.1, 0.15) is 39.9 Å².